The number of amides is 4. The number of carbonyl (C=O) groups is 7. The second kappa shape index (κ2) is 18.6. The largest absolute Gasteiger partial charge is 0.425 e. The van der Waals surface area contributed by atoms with E-state index in [1.807, 2.05) is 36.4 Å². The zero-order valence-electron chi connectivity index (χ0n) is 30.3. The highest BCUT2D eigenvalue weighted by molar-refractivity contribution is 6.22. The van der Waals surface area contributed by atoms with Crippen molar-refractivity contribution in [1.82, 2.24) is 25.3 Å². The number of piperidine rings is 1. The molecule has 1 unspecified atom stereocenters. The number of allylic oxidation sites excluding steroid dienone is 1. The third-order valence-electron chi connectivity index (χ3n) is 10.0. The lowest BCUT2D eigenvalue weighted by Gasteiger charge is -2.34. The minimum absolute atomic E-state index is 0.0940. The number of ketones is 2. The van der Waals surface area contributed by atoms with Crippen LogP contribution in [-0.4, -0.2) is 115 Å². The van der Waals surface area contributed by atoms with E-state index < -0.39 is 30.8 Å². The monoisotopic (exact) mass is 756 g/mol. The Morgan fingerprint density at radius 3 is 2.42 bits per heavy atom. The van der Waals surface area contributed by atoms with Crippen molar-refractivity contribution in [2.75, 3.05) is 58.1 Å². The molecule has 3 N–H and O–H groups in total. The van der Waals surface area contributed by atoms with Crippen LogP contribution >= 0.6 is 0 Å². The highest BCUT2D eigenvalue weighted by Gasteiger charge is 2.34. The van der Waals surface area contributed by atoms with Crippen molar-refractivity contribution in [3.05, 3.63) is 89.1 Å². The van der Waals surface area contributed by atoms with Crippen LogP contribution < -0.4 is 16.0 Å². The third kappa shape index (κ3) is 10.5. The van der Waals surface area contributed by atoms with Crippen LogP contribution in [-0.2, 0) is 56.1 Å². The predicted molar refractivity (Wildman–Crippen MR) is 196 cm³/mol. The predicted octanol–water partition coefficient (Wildman–Crippen LogP) is 1.72. The van der Waals surface area contributed by atoms with Crippen molar-refractivity contribution in [2.24, 2.45) is 0 Å². The Kier molecular flexibility index (Phi) is 13.2. The first-order valence-corrected chi connectivity index (χ1v) is 18.3. The standard InChI is InChI=1S/C39H44N6O10/c46-33-19-28(26-5-2-1-3-6-26)20-34(47)29(33)21-40-13-14-43-15-17-44(18-16-43)36(49)11-12-37(50)54-25-55-39(52)41-31-8-4-7-27-23-53-24-45(22-30(27)31)32-9-10-35(48)42-38(32)51/h1-8,11-12,21,28,32,40H,9-10,13-20,22-25H2,(H,41,52)(H,42,48,51)/b12-11+,29-21?. The van der Waals surface area contributed by atoms with Gasteiger partial charge in [-0.25, -0.2) is 9.59 Å². The number of rotatable bonds is 11. The Morgan fingerprint density at radius 1 is 0.909 bits per heavy atom. The SMILES string of the molecule is O=C1CCC(N2COCc3cccc(NC(=O)OCOC(=O)/C=C/C(=O)N4CCN(CCNC=C5C(=O)CC(c6ccccc6)CC5=O)CC4)c3C2)C(=O)N1. The highest BCUT2D eigenvalue weighted by atomic mass is 16.7. The first-order valence-electron chi connectivity index (χ1n) is 18.3. The van der Waals surface area contributed by atoms with Gasteiger partial charge >= 0.3 is 12.1 Å². The second-order valence-corrected chi connectivity index (χ2v) is 13.6. The van der Waals surface area contributed by atoms with Crippen molar-refractivity contribution in [3.8, 4) is 0 Å². The molecule has 4 aliphatic rings. The van der Waals surface area contributed by atoms with Gasteiger partial charge in [0.2, 0.25) is 24.5 Å². The maximum absolute atomic E-state index is 12.7. The number of Topliss-reactive ketones (excluding diaryl/α,β-unsaturated/α-hetero) is 2. The van der Waals surface area contributed by atoms with Crippen molar-refractivity contribution in [2.45, 2.75) is 50.8 Å². The number of benzene rings is 2. The molecule has 290 valence electrons. The number of imide groups is 1. The molecule has 2 aromatic rings. The minimum Gasteiger partial charge on any atom is -0.425 e. The molecule has 0 radical (unpaired) electrons. The lowest BCUT2D eigenvalue weighted by molar-refractivity contribution is -0.146. The molecular formula is C39H44N6O10. The number of carbonyl (C=O) groups excluding carboxylic acids is 7. The molecule has 1 atom stereocenters. The van der Waals surface area contributed by atoms with Gasteiger partial charge in [-0.2, -0.15) is 0 Å². The van der Waals surface area contributed by atoms with Crippen LogP contribution in [0.1, 0.15) is 48.3 Å². The molecule has 1 saturated carbocycles. The van der Waals surface area contributed by atoms with Crippen LogP contribution in [0, 0.1) is 0 Å². The van der Waals surface area contributed by atoms with Crippen LogP contribution in [0.15, 0.2) is 72.5 Å². The molecule has 3 aliphatic heterocycles. The summed E-state index contributed by atoms with van der Waals surface area (Å²) in [7, 11) is 0. The van der Waals surface area contributed by atoms with Crippen LogP contribution in [0.3, 0.4) is 0 Å². The summed E-state index contributed by atoms with van der Waals surface area (Å²) in [5.41, 5.74) is 3.17. The van der Waals surface area contributed by atoms with E-state index in [2.05, 4.69) is 20.9 Å². The smallest absolute Gasteiger partial charge is 0.414 e. The molecule has 0 aromatic heterocycles. The molecule has 2 aromatic carbocycles. The normalized spacial score (nSPS) is 21.0. The van der Waals surface area contributed by atoms with E-state index in [1.54, 1.807) is 21.9 Å². The van der Waals surface area contributed by atoms with Gasteiger partial charge < -0.3 is 24.4 Å². The van der Waals surface area contributed by atoms with Crippen molar-refractivity contribution < 1.29 is 47.8 Å². The maximum Gasteiger partial charge on any atom is 0.414 e. The van der Waals surface area contributed by atoms with E-state index in [0.29, 0.717) is 64.2 Å². The lowest BCUT2D eigenvalue weighted by Crippen LogP contribution is -2.52. The van der Waals surface area contributed by atoms with Crippen LogP contribution in [0.5, 0.6) is 0 Å². The quantitative estimate of drug-likeness (QED) is 0.0751. The molecule has 0 spiro atoms. The van der Waals surface area contributed by atoms with Gasteiger partial charge in [0.25, 0.3) is 0 Å². The number of anilines is 1. The molecule has 55 heavy (non-hydrogen) atoms. The third-order valence-corrected chi connectivity index (χ3v) is 10.0. The van der Waals surface area contributed by atoms with Gasteiger partial charge in [-0.3, -0.25) is 44.4 Å². The molecule has 2 saturated heterocycles. The first-order chi connectivity index (χ1) is 26.6. The lowest BCUT2D eigenvalue weighted by atomic mass is 9.80. The van der Waals surface area contributed by atoms with E-state index in [4.69, 9.17) is 14.2 Å². The maximum atomic E-state index is 12.7. The highest BCUT2D eigenvalue weighted by Crippen LogP contribution is 2.31. The fraction of sp³-hybridized carbons (Fsp3) is 0.410. The Morgan fingerprint density at radius 2 is 1.67 bits per heavy atom. The first kappa shape index (κ1) is 39.0. The topological polar surface area (TPSA) is 193 Å². The summed E-state index contributed by atoms with van der Waals surface area (Å²) >= 11 is 0. The van der Waals surface area contributed by atoms with E-state index >= 15 is 0 Å². The fourth-order valence-electron chi connectivity index (χ4n) is 7.01. The van der Waals surface area contributed by atoms with Gasteiger partial charge in [0.05, 0.1) is 18.2 Å². The molecule has 16 heteroatoms. The van der Waals surface area contributed by atoms with Crippen molar-refractivity contribution in [1.29, 1.82) is 0 Å². The van der Waals surface area contributed by atoms with Gasteiger partial charge in [0.1, 0.15) is 6.73 Å². The van der Waals surface area contributed by atoms with E-state index in [0.717, 1.165) is 28.8 Å². The molecule has 3 heterocycles. The number of nitrogens with one attached hydrogen (secondary N) is 3. The van der Waals surface area contributed by atoms with Crippen LogP contribution in [0.2, 0.25) is 0 Å². The van der Waals surface area contributed by atoms with E-state index in [1.165, 1.54) is 6.20 Å². The van der Waals surface area contributed by atoms with Gasteiger partial charge in [-0.05, 0) is 35.1 Å². The molecule has 1 aliphatic carbocycles. The number of fused-ring (bicyclic) bond motifs is 1. The van der Waals surface area contributed by atoms with E-state index in [9.17, 15) is 33.6 Å². The minimum atomic E-state index is -0.878. The molecular weight excluding hydrogens is 712 g/mol. The molecule has 3 fully saturated rings. The molecule has 4 amide bonds. The van der Waals surface area contributed by atoms with Gasteiger partial charge in [0, 0.05) is 89.1 Å². The fourth-order valence-corrected chi connectivity index (χ4v) is 7.01. The summed E-state index contributed by atoms with van der Waals surface area (Å²) in [5, 5.41) is 8.10. The molecule has 16 nitrogen and oxygen atoms in total. The average molecular weight is 757 g/mol. The van der Waals surface area contributed by atoms with Crippen LogP contribution in [0.4, 0.5) is 10.5 Å². The Bertz CT molecular complexity index is 1840. The van der Waals surface area contributed by atoms with Gasteiger partial charge in [0.15, 0.2) is 11.6 Å². The summed E-state index contributed by atoms with van der Waals surface area (Å²) in [6, 6.07) is 14.3. The van der Waals surface area contributed by atoms with Crippen molar-refractivity contribution in [3.63, 3.8) is 0 Å². The number of hydrogen-bond acceptors (Lipinski definition) is 13. The number of ether oxygens (including phenoxy) is 3. The number of piperazine rings is 1. The summed E-state index contributed by atoms with van der Waals surface area (Å²) in [6.45, 7) is 3.28. The number of hydrogen-bond donors (Lipinski definition) is 3. The van der Waals surface area contributed by atoms with E-state index in [-0.39, 0.29) is 61.2 Å². The Labute approximate surface area is 317 Å². The van der Waals surface area contributed by atoms with Crippen molar-refractivity contribution >= 4 is 47.0 Å². The molecule has 6 rings (SSSR count). The summed E-state index contributed by atoms with van der Waals surface area (Å²) in [4.78, 5) is 92.5. The number of esters is 1. The zero-order chi connectivity index (χ0) is 38.7. The van der Waals surface area contributed by atoms with Gasteiger partial charge in [-0.15, -0.1) is 0 Å². The summed E-state index contributed by atoms with van der Waals surface area (Å²) < 4.78 is 15.7. The number of nitrogens with zero attached hydrogens (tertiary/aromatic N) is 3. The van der Waals surface area contributed by atoms with Gasteiger partial charge in [-0.1, -0.05) is 42.5 Å². The summed E-state index contributed by atoms with van der Waals surface area (Å²) in [6.07, 6.45) is 3.93. The second-order valence-electron chi connectivity index (χ2n) is 13.6. The molecule has 0 bridgehead atoms. The van der Waals surface area contributed by atoms with Crippen LogP contribution in [0.25, 0.3) is 0 Å². The Balaban J connectivity index is 0.870. The average Bonchev–Trinajstić information content (AvgIpc) is 3.40. The Hall–Kier alpha value is -5.71. The summed E-state index contributed by atoms with van der Waals surface area (Å²) in [5.74, 6) is -2.34. The zero-order valence-corrected chi connectivity index (χ0v) is 30.3.